The van der Waals surface area contributed by atoms with Crippen molar-refractivity contribution in [1.29, 1.82) is 0 Å². The lowest BCUT2D eigenvalue weighted by molar-refractivity contribution is 0.313. The lowest BCUT2D eigenvalue weighted by Crippen LogP contribution is -2.44. The van der Waals surface area contributed by atoms with E-state index in [4.69, 9.17) is 0 Å². The van der Waals surface area contributed by atoms with Crippen molar-refractivity contribution in [2.45, 2.75) is 18.0 Å². The first-order valence-electron chi connectivity index (χ1n) is 9.23. The molecule has 0 aliphatic carbocycles. The van der Waals surface area contributed by atoms with Crippen molar-refractivity contribution in [2.24, 2.45) is 0 Å². The number of sulfonamides is 1. The number of benzene rings is 2. The van der Waals surface area contributed by atoms with Crippen LogP contribution in [-0.2, 0) is 23.1 Å². The maximum Gasteiger partial charge on any atom is 0.240 e. The van der Waals surface area contributed by atoms with Gasteiger partial charge in [-0.3, -0.25) is 0 Å². The van der Waals surface area contributed by atoms with Gasteiger partial charge < -0.3 is 15.1 Å². The average Bonchev–Trinajstić information content (AvgIpc) is 2.70. The van der Waals surface area contributed by atoms with Gasteiger partial charge in [0.05, 0.1) is 4.90 Å². The molecule has 0 saturated carbocycles. The lowest BCUT2D eigenvalue weighted by atomic mass is 10.1. The van der Waals surface area contributed by atoms with Gasteiger partial charge in [0.25, 0.3) is 0 Å². The third kappa shape index (κ3) is 5.29. The SMILES string of the molecule is CNS(=O)(=O)c1ccc(CNCc2ccc(N3CCN(C)CC3)cc2)cc1. The molecule has 27 heavy (non-hydrogen) atoms. The van der Waals surface area contributed by atoms with Gasteiger partial charge in [-0.05, 0) is 49.5 Å². The summed E-state index contributed by atoms with van der Waals surface area (Å²) in [6, 6.07) is 15.7. The molecular formula is C20H28N4O2S. The fraction of sp³-hybridized carbons (Fsp3) is 0.400. The maximum atomic E-state index is 11.7. The molecular weight excluding hydrogens is 360 g/mol. The summed E-state index contributed by atoms with van der Waals surface area (Å²) in [7, 11) is 0.210. The molecule has 146 valence electrons. The molecule has 3 rings (SSSR count). The summed E-state index contributed by atoms with van der Waals surface area (Å²) in [6.07, 6.45) is 0. The standard InChI is InChI=1S/C20H28N4O2S/c1-21-27(25,26)20-9-5-18(6-10-20)16-22-15-17-3-7-19(8-4-17)24-13-11-23(2)12-14-24/h3-10,21-22H,11-16H2,1-2H3. The van der Waals surface area contributed by atoms with E-state index >= 15 is 0 Å². The van der Waals surface area contributed by atoms with Crippen LogP contribution in [0.5, 0.6) is 0 Å². The summed E-state index contributed by atoms with van der Waals surface area (Å²) in [5.74, 6) is 0. The minimum absolute atomic E-state index is 0.285. The second-order valence-corrected chi connectivity index (χ2v) is 8.80. The normalized spacial score (nSPS) is 15.9. The molecule has 2 N–H and O–H groups in total. The van der Waals surface area contributed by atoms with Gasteiger partial charge in [0.2, 0.25) is 10.0 Å². The van der Waals surface area contributed by atoms with Gasteiger partial charge in [-0.15, -0.1) is 0 Å². The van der Waals surface area contributed by atoms with Gasteiger partial charge in [-0.2, -0.15) is 0 Å². The van der Waals surface area contributed by atoms with Crippen LogP contribution in [0.2, 0.25) is 0 Å². The van der Waals surface area contributed by atoms with E-state index in [1.165, 1.54) is 18.3 Å². The quantitative estimate of drug-likeness (QED) is 0.755. The molecule has 0 unspecified atom stereocenters. The Morgan fingerprint density at radius 2 is 1.37 bits per heavy atom. The Balaban J connectivity index is 1.49. The van der Waals surface area contributed by atoms with Gasteiger partial charge in [0.1, 0.15) is 0 Å². The molecule has 0 aromatic heterocycles. The predicted molar refractivity (Wildman–Crippen MR) is 109 cm³/mol. The molecule has 2 aromatic rings. The highest BCUT2D eigenvalue weighted by atomic mass is 32.2. The second kappa shape index (κ2) is 8.84. The molecule has 0 bridgehead atoms. The number of hydrogen-bond acceptors (Lipinski definition) is 5. The fourth-order valence-electron chi connectivity index (χ4n) is 3.14. The number of nitrogens with zero attached hydrogens (tertiary/aromatic N) is 2. The number of likely N-dealkylation sites (N-methyl/N-ethyl adjacent to an activating group) is 1. The number of hydrogen-bond donors (Lipinski definition) is 2. The molecule has 1 aliphatic heterocycles. The molecule has 1 heterocycles. The Hall–Kier alpha value is -1.93. The van der Waals surface area contributed by atoms with Crippen molar-refractivity contribution < 1.29 is 8.42 Å². The van der Waals surface area contributed by atoms with Crippen LogP contribution in [0.15, 0.2) is 53.4 Å². The maximum absolute atomic E-state index is 11.7. The summed E-state index contributed by atoms with van der Waals surface area (Å²) in [5.41, 5.74) is 3.58. The summed E-state index contributed by atoms with van der Waals surface area (Å²) < 4.78 is 25.8. The van der Waals surface area contributed by atoms with Crippen molar-refractivity contribution in [3.05, 3.63) is 59.7 Å². The van der Waals surface area contributed by atoms with Crippen LogP contribution in [0.1, 0.15) is 11.1 Å². The number of nitrogens with one attached hydrogen (secondary N) is 2. The van der Waals surface area contributed by atoms with Crippen molar-refractivity contribution in [1.82, 2.24) is 14.9 Å². The molecule has 1 saturated heterocycles. The third-order valence-electron chi connectivity index (χ3n) is 4.97. The van der Waals surface area contributed by atoms with E-state index in [9.17, 15) is 8.42 Å². The van der Waals surface area contributed by atoms with Crippen LogP contribution in [0.25, 0.3) is 0 Å². The van der Waals surface area contributed by atoms with Crippen LogP contribution in [0.3, 0.4) is 0 Å². The Labute approximate surface area is 162 Å². The Morgan fingerprint density at radius 1 is 0.852 bits per heavy atom. The Bertz CT molecular complexity index is 827. The third-order valence-corrected chi connectivity index (χ3v) is 6.40. The van der Waals surface area contributed by atoms with Gasteiger partial charge in [-0.1, -0.05) is 24.3 Å². The summed E-state index contributed by atoms with van der Waals surface area (Å²) in [4.78, 5) is 5.07. The van der Waals surface area contributed by atoms with E-state index in [1.54, 1.807) is 12.1 Å². The lowest BCUT2D eigenvalue weighted by Gasteiger charge is -2.34. The highest BCUT2D eigenvalue weighted by Gasteiger charge is 2.14. The molecule has 1 aliphatic rings. The van der Waals surface area contributed by atoms with Crippen LogP contribution in [-0.4, -0.2) is 53.6 Å². The van der Waals surface area contributed by atoms with Crippen LogP contribution >= 0.6 is 0 Å². The molecule has 1 fully saturated rings. The Morgan fingerprint density at radius 3 is 1.89 bits per heavy atom. The zero-order chi connectivity index (χ0) is 19.3. The number of anilines is 1. The van der Waals surface area contributed by atoms with E-state index in [0.717, 1.165) is 38.3 Å². The first kappa shape index (κ1) is 19.8. The van der Waals surface area contributed by atoms with E-state index in [0.29, 0.717) is 6.54 Å². The molecule has 0 amide bonds. The van der Waals surface area contributed by atoms with Gasteiger partial charge in [0.15, 0.2) is 0 Å². The van der Waals surface area contributed by atoms with Crippen molar-refractivity contribution in [3.63, 3.8) is 0 Å². The van der Waals surface area contributed by atoms with E-state index < -0.39 is 10.0 Å². The van der Waals surface area contributed by atoms with Gasteiger partial charge in [0, 0.05) is 45.0 Å². The van der Waals surface area contributed by atoms with Crippen molar-refractivity contribution in [3.8, 4) is 0 Å². The zero-order valence-corrected chi connectivity index (χ0v) is 16.8. The summed E-state index contributed by atoms with van der Waals surface area (Å²) in [6.45, 7) is 5.84. The predicted octanol–water partition coefficient (Wildman–Crippen LogP) is 1.64. The number of rotatable bonds is 7. The molecule has 6 nitrogen and oxygen atoms in total. The molecule has 0 radical (unpaired) electrons. The monoisotopic (exact) mass is 388 g/mol. The first-order chi connectivity index (χ1) is 13.0. The summed E-state index contributed by atoms with van der Waals surface area (Å²) in [5, 5.41) is 3.41. The average molecular weight is 389 g/mol. The van der Waals surface area contributed by atoms with Crippen molar-refractivity contribution >= 4 is 15.7 Å². The van der Waals surface area contributed by atoms with Gasteiger partial charge in [-0.25, -0.2) is 13.1 Å². The first-order valence-corrected chi connectivity index (χ1v) is 10.7. The highest BCUT2D eigenvalue weighted by molar-refractivity contribution is 7.89. The Kier molecular flexibility index (Phi) is 6.49. The largest absolute Gasteiger partial charge is 0.369 e. The zero-order valence-electron chi connectivity index (χ0n) is 16.0. The van der Waals surface area contributed by atoms with Crippen LogP contribution in [0, 0.1) is 0 Å². The van der Waals surface area contributed by atoms with Crippen molar-refractivity contribution in [2.75, 3.05) is 45.2 Å². The minimum Gasteiger partial charge on any atom is -0.369 e. The molecule has 0 atom stereocenters. The van der Waals surface area contributed by atoms with E-state index in [2.05, 4.69) is 51.2 Å². The minimum atomic E-state index is -3.37. The second-order valence-electron chi connectivity index (χ2n) is 6.91. The highest BCUT2D eigenvalue weighted by Crippen LogP contribution is 2.17. The number of piperazine rings is 1. The van der Waals surface area contributed by atoms with E-state index in [-0.39, 0.29) is 4.90 Å². The summed E-state index contributed by atoms with van der Waals surface area (Å²) >= 11 is 0. The molecule has 2 aromatic carbocycles. The fourth-order valence-corrected chi connectivity index (χ4v) is 3.87. The molecule has 7 heteroatoms. The van der Waals surface area contributed by atoms with Gasteiger partial charge >= 0.3 is 0 Å². The smallest absolute Gasteiger partial charge is 0.240 e. The van der Waals surface area contributed by atoms with Crippen LogP contribution in [0.4, 0.5) is 5.69 Å². The molecule has 0 spiro atoms. The van der Waals surface area contributed by atoms with E-state index in [1.807, 2.05) is 12.1 Å². The topological polar surface area (TPSA) is 64.7 Å². The van der Waals surface area contributed by atoms with Crippen LogP contribution < -0.4 is 14.9 Å².